The van der Waals surface area contributed by atoms with Crippen LogP contribution < -0.4 is 9.62 Å². The molecule has 2 amide bonds. The second kappa shape index (κ2) is 14.7. The topological polar surface area (TPSA) is 86.8 Å². The molecule has 11 heteroatoms. The van der Waals surface area contributed by atoms with Crippen LogP contribution >= 0.6 is 23.2 Å². The fourth-order valence-corrected chi connectivity index (χ4v) is 6.39. The maximum atomic E-state index is 14.3. The number of likely N-dealkylation sites (N-methyl/N-ethyl adjacent to an activating group) is 1. The number of anilines is 1. The van der Waals surface area contributed by atoms with Gasteiger partial charge in [0.25, 0.3) is 10.0 Å². The van der Waals surface area contributed by atoms with E-state index in [4.69, 9.17) is 23.2 Å². The maximum absolute atomic E-state index is 14.3. The summed E-state index contributed by atoms with van der Waals surface area (Å²) in [7, 11) is -4.33. The number of aryl methyl sites for hydroxylation is 1. The lowest BCUT2D eigenvalue weighted by atomic mass is 10.0. The molecule has 0 fully saturated rings. The van der Waals surface area contributed by atoms with Crippen molar-refractivity contribution in [1.82, 2.24) is 10.2 Å². The van der Waals surface area contributed by atoms with Crippen molar-refractivity contribution in [3.8, 4) is 0 Å². The molecule has 0 radical (unpaired) electrons. The van der Waals surface area contributed by atoms with Gasteiger partial charge in [0.15, 0.2) is 0 Å². The zero-order valence-corrected chi connectivity index (χ0v) is 26.5. The van der Waals surface area contributed by atoms with Crippen LogP contribution in [-0.4, -0.2) is 44.3 Å². The van der Waals surface area contributed by atoms with Gasteiger partial charge in [-0.3, -0.25) is 13.9 Å². The second-order valence-electron chi connectivity index (χ2n) is 10.2. The van der Waals surface area contributed by atoms with E-state index in [1.165, 1.54) is 4.90 Å². The molecule has 0 spiro atoms. The minimum Gasteiger partial charge on any atom is -0.355 e. The first-order chi connectivity index (χ1) is 21.0. The Morgan fingerprint density at radius 2 is 1.52 bits per heavy atom. The Bertz CT molecular complexity index is 1700. The molecule has 230 valence electrons. The van der Waals surface area contributed by atoms with Gasteiger partial charge in [-0.15, -0.1) is 0 Å². The molecular formula is C33H32Cl2FN3O4S. The van der Waals surface area contributed by atoms with E-state index in [-0.39, 0.29) is 28.6 Å². The zero-order valence-electron chi connectivity index (χ0n) is 24.2. The first-order valence-corrected chi connectivity index (χ1v) is 16.1. The van der Waals surface area contributed by atoms with Crippen molar-refractivity contribution >= 4 is 50.7 Å². The van der Waals surface area contributed by atoms with Crippen molar-refractivity contribution in [2.24, 2.45) is 0 Å². The van der Waals surface area contributed by atoms with Gasteiger partial charge < -0.3 is 10.2 Å². The number of carbonyl (C=O) groups excluding carboxylic acids is 2. The average molecular weight is 657 g/mol. The average Bonchev–Trinajstić information content (AvgIpc) is 3.00. The summed E-state index contributed by atoms with van der Waals surface area (Å²) < 4.78 is 42.6. The molecule has 7 nitrogen and oxygen atoms in total. The number of halogens is 3. The number of nitrogens with zero attached hydrogens (tertiary/aromatic N) is 2. The van der Waals surface area contributed by atoms with E-state index in [0.29, 0.717) is 17.1 Å². The Labute approximate surface area is 267 Å². The highest BCUT2D eigenvalue weighted by Gasteiger charge is 2.34. The smallest absolute Gasteiger partial charge is 0.264 e. The third-order valence-electron chi connectivity index (χ3n) is 6.96. The summed E-state index contributed by atoms with van der Waals surface area (Å²) in [6.07, 6.45) is 0.176. The zero-order chi connectivity index (χ0) is 31.9. The third kappa shape index (κ3) is 8.16. The Kier molecular flexibility index (Phi) is 11.0. The van der Waals surface area contributed by atoms with Crippen LogP contribution in [0.4, 0.5) is 10.1 Å². The lowest BCUT2D eigenvalue weighted by Crippen LogP contribution is -2.53. The molecule has 0 aliphatic carbocycles. The normalized spacial score (nSPS) is 11.9. The highest BCUT2D eigenvalue weighted by molar-refractivity contribution is 7.92. The quantitative estimate of drug-likeness (QED) is 0.191. The molecule has 4 rings (SSSR count). The summed E-state index contributed by atoms with van der Waals surface area (Å²) in [6, 6.07) is 24.2. The van der Waals surface area contributed by atoms with Gasteiger partial charge in [0.2, 0.25) is 11.8 Å². The first-order valence-electron chi connectivity index (χ1n) is 13.9. The van der Waals surface area contributed by atoms with Crippen LogP contribution in [0.3, 0.4) is 0 Å². The van der Waals surface area contributed by atoms with Gasteiger partial charge in [-0.25, -0.2) is 12.8 Å². The highest BCUT2D eigenvalue weighted by Crippen LogP contribution is 2.27. The van der Waals surface area contributed by atoms with E-state index in [1.54, 1.807) is 49.4 Å². The lowest BCUT2D eigenvalue weighted by Gasteiger charge is -2.34. The molecule has 0 saturated carbocycles. The van der Waals surface area contributed by atoms with Crippen LogP contribution in [0, 0.1) is 12.7 Å². The van der Waals surface area contributed by atoms with Crippen molar-refractivity contribution in [2.45, 2.75) is 37.8 Å². The number of amides is 2. The second-order valence-corrected chi connectivity index (χ2v) is 12.8. The van der Waals surface area contributed by atoms with Gasteiger partial charge in [-0.2, -0.15) is 0 Å². The number of sulfonamides is 1. The molecule has 0 heterocycles. The molecule has 4 aromatic rings. The summed E-state index contributed by atoms with van der Waals surface area (Å²) in [5.41, 5.74) is 2.53. The van der Waals surface area contributed by atoms with Gasteiger partial charge in [-0.1, -0.05) is 77.3 Å². The number of nitrogens with one attached hydrogen (secondary N) is 1. The fraction of sp³-hybridized carbons (Fsp3) is 0.212. The molecule has 0 aliphatic heterocycles. The predicted molar refractivity (Wildman–Crippen MR) is 172 cm³/mol. The monoisotopic (exact) mass is 655 g/mol. The molecule has 44 heavy (non-hydrogen) atoms. The molecule has 0 aliphatic rings. The molecule has 4 aromatic carbocycles. The Hall–Kier alpha value is -3.92. The van der Waals surface area contributed by atoms with Gasteiger partial charge in [-0.05, 0) is 73.5 Å². The molecule has 1 atom stereocenters. The Balaban J connectivity index is 1.80. The molecule has 1 N–H and O–H groups in total. The van der Waals surface area contributed by atoms with Crippen molar-refractivity contribution in [3.05, 3.63) is 130 Å². The number of benzene rings is 4. The van der Waals surface area contributed by atoms with Gasteiger partial charge >= 0.3 is 0 Å². The van der Waals surface area contributed by atoms with E-state index < -0.39 is 40.2 Å². The standard InChI is InChI=1S/C33H32Cl2FN3O4S/c1-3-37-33(41)31(20-24-7-5-4-6-8-24)38(21-25-11-18-29(34)30(35)19-25)32(40)22-39(27-14-9-23(2)10-15-27)44(42,43)28-16-12-26(36)13-17-28/h4-19,31H,3,20-22H2,1-2H3,(H,37,41)/t31-/m1/s1. The predicted octanol–water partition coefficient (Wildman–Crippen LogP) is 6.41. The van der Waals surface area contributed by atoms with Crippen LogP contribution in [0.25, 0.3) is 0 Å². The highest BCUT2D eigenvalue weighted by atomic mass is 35.5. The van der Waals surface area contributed by atoms with E-state index in [2.05, 4.69) is 5.32 Å². The number of hydrogen-bond donors (Lipinski definition) is 1. The van der Waals surface area contributed by atoms with Crippen molar-refractivity contribution in [2.75, 3.05) is 17.4 Å². The van der Waals surface area contributed by atoms with E-state index in [9.17, 15) is 22.4 Å². The lowest BCUT2D eigenvalue weighted by molar-refractivity contribution is -0.140. The minimum absolute atomic E-state index is 0.0529. The first kappa shape index (κ1) is 33.0. The van der Waals surface area contributed by atoms with Crippen LogP contribution in [0.1, 0.15) is 23.6 Å². The van der Waals surface area contributed by atoms with E-state index >= 15 is 0 Å². The number of rotatable bonds is 12. The van der Waals surface area contributed by atoms with Crippen LogP contribution in [0.2, 0.25) is 10.0 Å². The van der Waals surface area contributed by atoms with Crippen LogP contribution in [-0.2, 0) is 32.6 Å². The van der Waals surface area contributed by atoms with Crippen LogP contribution in [0.15, 0.2) is 102 Å². The molecule has 0 unspecified atom stereocenters. The fourth-order valence-electron chi connectivity index (χ4n) is 4.65. The minimum atomic E-state index is -4.33. The summed E-state index contributed by atoms with van der Waals surface area (Å²) in [4.78, 5) is 29.0. The molecule has 0 bridgehead atoms. The largest absolute Gasteiger partial charge is 0.355 e. The summed E-state index contributed by atoms with van der Waals surface area (Å²) in [5, 5.41) is 3.41. The van der Waals surface area contributed by atoms with E-state index in [1.807, 2.05) is 37.3 Å². The summed E-state index contributed by atoms with van der Waals surface area (Å²) >= 11 is 12.4. The number of carbonyl (C=O) groups is 2. The molecule has 0 aromatic heterocycles. The van der Waals surface area contributed by atoms with Gasteiger partial charge in [0.1, 0.15) is 18.4 Å². The van der Waals surface area contributed by atoms with Crippen molar-refractivity contribution in [1.29, 1.82) is 0 Å². The molecular weight excluding hydrogens is 624 g/mol. The maximum Gasteiger partial charge on any atom is 0.264 e. The van der Waals surface area contributed by atoms with Gasteiger partial charge in [0, 0.05) is 19.5 Å². The summed E-state index contributed by atoms with van der Waals surface area (Å²) in [6.45, 7) is 3.27. The van der Waals surface area contributed by atoms with E-state index in [0.717, 1.165) is 39.7 Å². The van der Waals surface area contributed by atoms with Crippen LogP contribution in [0.5, 0.6) is 0 Å². The van der Waals surface area contributed by atoms with Gasteiger partial charge in [0.05, 0.1) is 20.6 Å². The molecule has 0 saturated heterocycles. The Morgan fingerprint density at radius 1 is 0.864 bits per heavy atom. The number of hydrogen-bond acceptors (Lipinski definition) is 4. The third-order valence-corrected chi connectivity index (χ3v) is 9.49. The Morgan fingerprint density at radius 3 is 2.14 bits per heavy atom. The van der Waals surface area contributed by atoms with Crippen molar-refractivity contribution < 1.29 is 22.4 Å². The summed E-state index contributed by atoms with van der Waals surface area (Å²) in [5.74, 6) is -1.62. The SMILES string of the molecule is CCNC(=O)[C@@H](Cc1ccccc1)N(Cc1ccc(Cl)c(Cl)c1)C(=O)CN(c1ccc(C)cc1)S(=O)(=O)c1ccc(F)cc1. The van der Waals surface area contributed by atoms with Crippen molar-refractivity contribution in [3.63, 3.8) is 0 Å².